The molecule has 7 nitrogen and oxygen atoms in total. The minimum atomic E-state index is -3.90. The number of carbonyl (C=O) groups is 2. The second-order valence-electron chi connectivity index (χ2n) is 7.36. The van der Waals surface area contributed by atoms with Crippen LogP contribution in [0.4, 0.5) is 5.69 Å². The van der Waals surface area contributed by atoms with E-state index in [9.17, 15) is 18.0 Å². The zero-order chi connectivity index (χ0) is 21.0. The molecule has 2 aromatic rings. The van der Waals surface area contributed by atoms with Crippen molar-refractivity contribution in [2.45, 2.75) is 50.6 Å². The van der Waals surface area contributed by atoms with Gasteiger partial charge in [0.2, 0.25) is 21.8 Å². The van der Waals surface area contributed by atoms with Crippen LogP contribution in [0.15, 0.2) is 40.6 Å². The van der Waals surface area contributed by atoms with Crippen LogP contribution in [0.5, 0.6) is 0 Å². The average Bonchev–Trinajstić information content (AvgIpc) is 3.11. The largest absolute Gasteiger partial charge is 0.350 e. The lowest BCUT2D eigenvalue weighted by Crippen LogP contribution is -2.49. The highest BCUT2D eigenvalue weighted by molar-refractivity contribution is 7.89. The summed E-state index contributed by atoms with van der Waals surface area (Å²) in [6.07, 6.45) is 1.69. The highest BCUT2D eigenvalue weighted by atomic mass is 32.2. The monoisotopic (exact) mass is 435 g/mol. The number of amides is 2. The van der Waals surface area contributed by atoms with Gasteiger partial charge in [0.05, 0.1) is 11.4 Å². The molecule has 3 N–H and O–H groups in total. The Kier molecular flexibility index (Phi) is 6.71. The van der Waals surface area contributed by atoms with Gasteiger partial charge in [0.25, 0.3) is 0 Å². The maximum absolute atomic E-state index is 12.9. The first-order chi connectivity index (χ1) is 13.8. The summed E-state index contributed by atoms with van der Waals surface area (Å²) in [7, 11) is -3.90. The number of carbonyl (C=O) groups excluding carboxylic acids is 2. The molecule has 2 amide bonds. The van der Waals surface area contributed by atoms with E-state index in [0.717, 1.165) is 10.4 Å². The summed E-state index contributed by atoms with van der Waals surface area (Å²) < 4.78 is 28.4. The summed E-state index contributed by atoms with van der Waals surface area (Å²) >= 11 is 1.53. The Balaban J connectivity index is 1.75. The van der Waals surface area contributed by atoms with Crippen LogP contribution >= 0.6 is 11.3 Å². The van der Waals surface area contributed by atoms with Crippen LogP contribution in [-0.4, -0.2) is 26.3 Å². The topological polar surface area (TPSA) is 104 Å². The molecular formula is C20H25N3O4S2. The summed E-state index contributed by atoms with van der Waals surface area (Å²) in [4.78, 5) is 25.4. The zero-order valence-corrected chi connectivity index (χ0v) is 18.0. The molecule has 1 aromatic carbocycles. The number of benzene rings is 1. The van der Waals surface area contributed by atoms with E-state index in [1.54, 1.807) is 26.0 Å². The van der Waals surface area contributed by atoms with Crippen molar-refractivity contribution >= 4 is 38.9 Å². The van der Waals surface area contributed by atoms with Crippen LogP contribution in [0.1, 0.15) is 37.1 Å². The molecule has 1 aliphatic rings. The lowest BCUT2D eigenvalue weighted by atomic mass is 10.1. The third kappa shape index (κ3) is 5.43. The fraction of sp³-hybridized carbons (Fsp3) is 0.400. The maximum Gasteiger partial charge on any atom is 0.241 e. The first kappa shape index (κ1) is 21.5. The van der Waals surface area contributed by atoms with E-state index < -0.39 is 16.1 Å². The SMILES string of the molecule is CC(C)C(NS(=O)(=O)c1ccc2c(c1)CCCC(=O)N2)C(=O)NCc1cccs1. The molecule has 1 aromatic heterocycles. The van der Waals surface area contributed by atoms with Gasteiger partial charge >= 0.3 is 0 Å². The first-order valence-corrected chi connectivity index (χ1v) is 11.9. The van der Waals surface area contributed by atoms with E-state index in [0.29, 0.717) is 31.5 Å². The van der Waals surface area contributed by atoms with Gasteiger partial charge in [-0.25, -0.2) is 8.42 Å². The zero-order valence-electron chi connectivity index (χ0n) is 16.4. The molecule has 29 heavy (non-hydrogen) atoms. The molecule has 0 aliphatic carbocycles. The van der Waals surface area contributed by atoms with Crippen molar-refractivity contribution in [3.05, 3.63) is 46.2 Å². The van der Waals surface area contributed by atoms with E-state index in [-0.39, 0.29) is 22.6 Å². The molecular weight excluding hydrogens is 410 g/mol. The molecule has 156 valence electrons. The highest BCUT2D eigenvalue weighted by Crippen LogP contribution is 2.25. The van der Waals surface area contributed by atoms with E-state index in [1.807, 2.05) is 17.5 Å². The third-order valence-electron chi connectivity index (χ3n) is 4.76. The molecule has 2 heterocycles. The number of rotatable bonds is 7. The maximum atomic E-state index is 12.9. The molecule has 0 spiro atoms. The highest BCUT2D eigenvalue weighted by Gasteiger charge is 2.29. The molecule has 0 bridgehead atoms. The molecule has 0 fully saturated rings. The van der Waals surface area contributed by atoms with Crippen molar-refractivity contribution in [3.8, 4) is 0 Å². The predicted molar refractivity (Wildman–Crippen MR) is 113 cm³/mol. The van der Waals surface area contributed by atoms with Crippen LogP contribution in [0.2, 0.25) is 0 Å². The Hall–Kier alpha value is -2.23. The number of sulfonamides is 1. The second kappa shape index (κ2) is 9.06. The fourth-order valence-electron chi connectivity index (χ4n) is 3.14. The van der Waals surface area contributed by atoms with Gasteiger partial charge in [0.15, 0.2) is 0 Å². The molecule has 1 atom stereocenters. The van der Waals surface area contributed by atoms with Crippen molar-refractivity contribution in [2.24, 2.45) is 5.92 Å². The minimum absolute atomic E-state index is 0.0697. The summed E-state index contributed by atoms with van der Waals surface area (Å²) in [6.45, 7) is 3.95. The summed E-state index contributed by atoms with van der Waals surface area (Å²) in [6, 6.07) is 7.55. The number of anilines is 1. The molecule has 1 unspecified atom stereocenters. The molecule has 3 rings (SSSR count). The smallest absolute Gasteiger partial charge is 0.241 e. The van der Waals surface area contributed by atoms with Gasteiger partial charge in [0, 0.05) is 17.0 Å². The van der Waals surface area contributed by atoms with Crippen molar-refractivity contribution in [2.75, 3.05) is 5.32 Å². The molecule has 1 aliphatic heterocycles. The fourth-order valence-corrected chi connectivity index (χ4v) is 5.18. The Morgan fingerprint density at radius 2 is 2.03 bits per heavy atom. The van der Waals surface area contributed by atoms with Gasteiger partial charge in [-0.3, -0.25) is 9.59 Å². The molecule has 0 saturated heterocycles. The number of hydrogen-bond acceptors (Lipinski definition) is 5. The van der Waals surface area contributed by atoms with E-state index in [1.165, 1.54) is 17.4 Å². The molecule has 9 heteroatoms. The van der Waals surface area contributed by atoms with Crippen molar-refractivity contribution in [1.29, 1.82) is 0 Å². The van der Waals surface area contributed by atoms with Crippen LogP contribution in [0, 0.1) is 5.92 Å². The summed E-state index contributed by atoms with van der Waals surface area (Å²) in [5.74, 6) is -0.660. The minimum Gasteiger partial charge on any atom is -0.350 e. The van der Waals surface area contributed by atoms with Gasteiger partial charge in [-0.15, -0.1) is 11.3 Å². The van der Waals surface area contributed by atoms with E-state index >= 15 is 0 Å². The molecule has 0 radical (unpaired) electrons. The first-order valence-electron chi connectivity index (χ1n) is 9.51. The van der Waals surface area contributed by atoms with Gasteiger partial charge in [-0.05, 0) is 54.0 Å². The second-order valence-corrected chi connectivity index (χ2v) is 10.1. The van der Waals surface area contributed by atoms with Crippen LogP contribution < -0.4 is 15.4 Å². The van der Waals surface area contributed by atoms with E-state index in [4.69, 9.17) is 0 Å². The van der Waals surface area contributed by atoms with Crippen LogP contribution in [-0.2, 0) is 32.6 Å². The third-order valence-corrected chi connectivity index (χ3v) is 7.07. The molecule has 0 saturated carbocycles. The van der Waals surface area contributed by atoms with Crippen LogP contribution in [0.3, 0.4) is 0 Å². The number of aryl methyl sites for hydroxylation is 1. The number of thiophene rings is 1. The quantitative estimate of drug-likeness (QED) is 0.622. The normalized spacial score (nSPS) is 15.3. The number of fused-ring (bicyclic) bond motifs is 1. The lowest BCUT2D eigenvalue weighted by Gasteiger charge is -2.22. The van der Waals surface area contributed by atoms with Gasteiger partial charge in [0.1, 0.15) is 6.04 Å². The number of nitrogens with one attached hydrogen (secondary N) is 3. The van der Waals surface area contributed by atoms with Gasteiger partial charge in [-0.1, -0.05) is 19.9 Å². The Morgan fingerprint density at radius 3 is 2.72 bits per heavy atom. The van der Waals surface area contributed by atoms with E-state index in [2.05, 4.69) is 15.4 Å². The van der Waals surface area contributed by atoms with Gasteiger partial charge < -0.3 is 10.6 Å². The standard InChI is InChI=1S/C20H25N3O4S2/c1-13(2)19(20(25)21-12-15-6-4-10-28-15)23-29(26,27)16-8-9-17-14(11-16)5-3-7-18(24)22-17/h4,6,8-11,13,19,23H,3,5,7,12H2,1-2H3,(H,21,25)(H,22,24). The Bertz CT molecular complexity index is 985. The van der Waals surface area contributed by atoms with Crippen molar-refractivity contribution in [1.82, 2.24) is 10.0 Å². The van der Waals surface area contributed by atoms with Crippen molar-refractivity contribution in [3.63, 3.8) is 0 Å². The predicted octanol–water partition coefficient (Wildman–Crippen LogP) is 2.64. The van der Waals surface area contributed by atoms with Gasteiger partial charge in [-0.2, -0.15) is 4.72 Å². The Labute approximate surface area is 175 Å². The summed E-state index contributed by atoms with van der Waals surface area (Å²) in [5, 5.41) is 7.51. The average molecular weight is 436 g/mol. The number of hydrogen-bond donors (Lipinski definition) is 3. The Morgan fingerprint density at radius 1 is 1.24 bits per heavy atom. The lowest BCUT2D eigenvalue weighted by molar-refractivity contribution is -0.123. The van der Waals surface area contributed by atoms with Crippen LogP contribution in [0.25, 0.3) is 0 Å². The summed E-state index contributed by atoms with van der Waals surface area (Å²) in [5.41, 5.74) is 1.42. The van der Waals surface area contributed by atoms with Crippen molar-refractivity contribution < 1.29 is 18.0 Å².